The van der Waals surface area contributed by atoms with Crippen LogP contribution < -0.4 is 10.1 Å². The van der Waals surface area contributed by atoms with Crippen molar-refractivity contribution < 1.29 is 19.1 Å². The van der Waals surface area contributed by atoms with Gasteiger partial charge in [0.15, 0.2) is 0 Å². The van der Waals surface area contributed by atoms with Crippen molar-refractivity contribution in [1.82, 2.24) is 4.98 Å². The summed E-state index contributed by atoms with van der Waals surface area (Å²) in [6.45, 7) is 0. The average Bonchev–Trinajstić information content (AvgIpc) is 2.73. The molecule has 6 nitrogen and oxygen atoms in total. The minimum atomic E-state index is -1.14. The first-order valence-electron chi connectivity index (χ1n) is 8.39. The number of halogens is 1. The van der Waals surface area contributed by atoms with E-state index in [1.807, 2.05) is 6.07 Å². The summed E-state index contributed by atoms with van der Waals surface area (Å²) in [4.78, 5) is 29.2. The van der Waals surface area contributed by atoms with Crippen molar-refractivity contribution in [2.24, 2.45) is 0 Å². The third-order valence-corrected chi connectivity index (χ3v) is 4.20. The van der Waals surface area contributed by atoms with Gasteiger partial charge in [-0.15, -0.1) is 0 Å². The summed E-state index contributed by atoms with van der Waals surface area (Å²) in [5.74, 6) is -0.641. The lowest BCUT2D eigenvalue weighted by Crippen LogP contribution is -2.26. The molecule has 2 aromatic carbocycles. The Morgan fingerprint density at radius 2 is 1.75 bits per heavy atom. The monoisotopic (exact) mass is 396 g/mol. The van der Waals surface area contributed by atoms with Crippen molar-refractivity contribution in [1.29, 1.82) is 0 Å². The maximum atomic E-state index is 12.9. The standard InChI is InChI=1S/C21H17ClN2O4/c1-27-18-8-7-16(13-17(18)22)24-20(25)19(14-5-3-2-4-6-14)28-21(26)15-9-11-23-12-10-15/h2-13,19H,1H3,(H,24,25)/t19-/m1/s1. The molecule has 1 atom stereocenters. The van der Waals surface area contributed by atoms with Crippen LogP contribution in [0, 0.1) is 0 Å². The molecular weight excluding hydrogens is 380 g/mol. The quantitative estimate of drug-likeness (QED) is 0.629. The molecule has 1 amide bonds. The number of benzene rings is 2. The van der Waals surface area contributed by atoms with Crippen LogP contribution in [0.2, 0.25) is 5.02 Å². The van der Waals surface area contributed by atoms with E-state index in [-0.39, 0.29) is 0 Å². The zero-order valence-electron chi connectivity index (χ0n) is 15.0. The van der Waals surface area contributed by atoms with Crippen molar-refractivity contribution >= 4 is 29.2 Å². The van der Waals surface area contributed by atoms with Gasteiger partial charge in [0.05, 0.1) is 17.7 Å². The summed E-state index contributed by atoms with van der Waals surface area (Å²) in [7, 11) is 1.50. The molecule has 1 aromatic heterocycles. The van der Waals surface area contributed by atoms with Gasteiger partial charge in [-0.2, -0.15) is 0 Å². The first-order chi connectivity index (χ1) is 13.6. The fourth-order valence-corrected chi connectivity index (χ4v) is 2.77. The lowest BCUT2D eigenvalue weighted by atomic mass is 10.1. The number of methoxy groups -OCH3 is 1. The van der Waals surface area contributed by atoms with Gasteiger partial charge in [-0.25, -0.2) is 4.79 Å². The van der Waals surface area contributed by atoms with Crippen LogP contribution in [0.25, 0.3) is 0 Å². The first kappa shape index (κ1) is 19.4. The number of hydrogen-bond donors (Lipinski definition) is 1. The van der Waals surface area contributed by atoms with Gasteiger partial charge >= 0.3 is 5.97 Å². The van der Waals surface area contributed by atoms with Crippen LogP contribution in [0.1, 0.15) is 22.0 Å². The van der Waals surface area contributed by atoms with Crippen molar-refractivity contribution in [3.8, 4) is 5.75 Å². The zero-order valence-corrected chi connectivity index (χ0v) is 15.7. The smallest absolute Gasteiger partial charge is 0.339 e. The van der Waals surface area contributed by atoms with E-state index in [9.17, 15) is 9.59 Å². The molecule has 3 rings (SSSR count). The summed E-state index contributed by atoms with van der Waals surface area (Å²) >= 11 is 6.11. The number of esters is 1. The third kappa shape index (κ3) is 4.66. The zero-order chi connectivity index (χ0) is 19.9. The van der Waals surface area contributed by atoms with Crippen LogP contribution in [0.5, 0.6) is 5.75 Å². The summed E-state index contributed by atoms with van der Waals surface area (Å²) in [5.41, 5.74) is 1.30. The van der Waals surface area contributed by atoms with E-state index in [1.165, 1.54) is 31.6 Å². The number of hydrogen-bond acceptors (Lipinski definition) is 5. The second-order valence-electron chi connectivity index (χ2n) is 5.77. The van der Waals surface area contributed by atoms with Gasteiger partial charge in [0, 0.05) is 23.6 Å². The number of carbonyl (C=O) groups is 2. The molecule has 0 bridgehead atoms. The van der Waals surface area contributed by atoms with Crippen LogP contribution in [0.4, 0.5) is 5.69 Å². The lowest BCUT2D eigenvalue weighted by Gasteiger charge is -2.18. The van der Waals surface area contributed by atoms with E-state index in [2.05, 4.69) is 10.3 Å². The van der Waals surface area contributed by atoms with Crippen LogP contribution in [-0.2, 0) is 9.53 Å². The topological polar surface area (TPSA) is 77.5 Å². The fraction of sp³-hybridized carbons (Fsp3) is 0.0952. The molecular formula is C21H17ClN2O4. The second-order valence-corrected chi connectivity index (χ2v) is 6.18. The van der Waals surface area contributed by atoms with E-state index in [0.29, 0.717) is 27.6 Å². The number of rotatable bonds is 6. The Kier molecular flexibility index (Phi) is 6.24. The number of nitrogens with one attached hydrogen (secondary N) is 1. The Balaban J connectivity index is 1.83. The predicted molar refractivity (Wildman–Crippen MR) is 105 cm³/mol. The summed E-state index contributed by atoms with van der Waals surface area (Å²) in [6, 6.07) is 16.7. The van der Waals surface area contributed by atoms with Crippen molar-refractivity contribution in [2.45, 2.75) is 6.10 Å². The molecule has 0 saturated heterocycles. The van der Waals surface area contributed by atoms with Gasteiger partial charge < -0.3 is 14.8 Å². The Morgan fingerprint density at radius 1 is 1.04 bits per heavy atom. The highest BCUT2D eigenvalue weighted by Crippen LogP contribution is 2.28. The van der Waals surface area contributed by atoms with Crippen LogP contribution in [0.15, 0.2) is 73.1 Å². The number of nitrogens with zero attached hydrogens (tertiary/aromatic N) is 1. The molecule has 0 radical (unpaired) electrons. The number of pyridine rings is 1. The minimum Gasteiger partial charge on any atom is -0.495 e. The van der Waals surface area contributed by atoms with Crippen molar-refractivity contribution in [3.05, 3.63) is 89.2 Å². The lowest BCUT2D eigenvalue weighted by molar-refractivity contribution is -0.125. The molecule has 0 fully saturated rings. The van der Waals surface area contributed by atoms with E-state index in [1.54, 1.807) is 42.5 Å². The Hall–Kier alpha value is -3.38. The van der Waals surface area contributed by atoms with Crippen LogP contribution >= 0.6 is 11.6 Å². The van der Waals surface area contributed by atoms with Gasteiger partial charge in [0.25, 0.3) is 5.91 Å². The Morgan fingerprint density at radius 3 is 2.39 bits per heavy atom. The van der Waals surface area contributed by atoms with Crippen molar-refractivity contribution in [2.75, 3.05) is 12.4 Å². The summed E-state index contributed by atoms with van der Waals surface area (Å²) < 4.78 is 10.6. The fourth-order valence-electron chi connectivity index (χ4n) is 2.52. The predicted octanol–water partition coefficient (Wildman–Crippen LogP) is 4.28. The van der Waals surface area contributed by atoms with Gasteiger partial charge in [-0.05, 0) is 30.3 Å². The average molecular weight is 397 g/mol. The van der Waals surface area contributed by atoms with Crippen LogP contribution in [0.3, 0.4) is 0 Å². The van der Waals surface area contributed by atoms with E-state index < -0.39 is 18.0 Å². The number of anilines is 1. The molecule has 142 valence electrons. The summed E-state index contributed by atoms with van der Waals surface area (Å²) in [6.07, 6.45) is 1.82. The molecule has 3 aromatic rings. The molecule has 0 aliphatic heterocycles. The normalized spacial score (nSPS) is 11.4. The maximum Gasteiger partial charge on any atom is 0.339 e. The number of aromatic nitrogens is 1. The van der Waals surface area contributed by atoms with Gasteiger partial charge in [-0.3, -0.25) is 9.78 Å². The molecule has 28 heavy (non-hydrogen) atoms. The van der Waals surface area contributed by atoms with Gasteiger partial charge in [-0.1, -0.05) is 41.9 Å². The largest absolute Gasteiger partial charge is 0.495 e. The molecule has 0 saturated carbocycles. The third-order valence-electron chi connectivity index (χ3n) is 3.90. The molecule has 0 aliphatic rings. The maximum absolute atomic E-state index is 12.9. The molecule has 7 heteroatoms. The van der Waals surface area contributed by atoms with Gasteiger partial charge in [0.2, 0.25) is 6.10 Å². The molecule has 0 spiro atoms. The van der Waals surface area contributed by atoms with Crippen LogP contribution in [-0.4, -0.2) is 24.0 Å². The van der Waals surface area contributed by atoms with E-state index in [4.69, 9.17) is 21.1 Å². The number of carbonyl (C=O) groups excluding carboxylic acids is 2. The molecule has 1 heterocycles. The highest BCUT2D eigenvalue weighted by molar-refractivity contribution is 6.32. The number of amides is 1. The Bertz CT molecular complexity index is 965. The van der Waals surface area contributed by atoms with E-state index in [0.717, 1.165) is 0 Å². The highest BCUT2D eigenvalue weighted by Gasteiger charge is 2.26. The number of ether oxygens (including phenoxy) is 2. The Labute approximate surface area is 167 Å². The first-order valence-corrected chi connectivity index (χ1v) is 8.76. The highest BCUT2D eigenvalue weighted by atomic mass is 35.5. The molecule has 0 unspecified atom stereocenters. The van der Waals surface area contributed by atoms with Gasteiger partial charge in [0.1, 0.15) is 5.75 Å². The molecule has 0 aliphatic carbocycles. The molecule has 1 N–H and O–H groups in total. The van der Waals surface area contributed by atoms with Crippen molar-refractivity contribution in [3.63, 3.8) is 0 Å². The SMILES string of the molecule is COc1ccc(NC(=O)[C@H](OC(=O)c2ccncc2)c2ccccc2)cc1Cl. The summed E-state index contributed by atoms with van der Waals surface area (Å²) in [5, 5.41) is 3.07. The van der Waals surface area contributed by atoms with E-state index >= 15 is 0 Å². The second kappa shape index (κ2) is 9.01. The minimum absolute atomic E-state index is 0.302.